The second-order valence-corrected chi connectivity index (χ2v) is 6.97. The first-order valence-electron chi connectivity index (χ1n) is 9.04. The third-order valence-corrected chi connectivity index (χ3v) is 5.15. The van der Waals surface area contributed by atoms with E-state index in [0.29, 0.717) is 31.1 Å². The molecule has 0 saturated heterocycles. The molecule has 2 heterocycles. The Balaban J connectivity index is 1.70. The van der Waals surface area contributed by atoms with E-state index in [1.165, 1.54) is 11.3 Å². The highest BCUT2D eigenvalue weighted by molar-refractivity contribution is 7.20. The van der Waals surface area contributed by atoms with Crippen LogP contribution in [0.1, 0.15) is 29.9 Å². The summed E-state index contributed by atoms with van der Waals surface area (Å²) in [6.07, 6.45) is 0.324. The molecule has 0 fully saturated rings. The molecule has 0 saturated carbocycles. The monoisotopic (exact) mass is 388 g/mol. The highest BCUT2D eigenvalue weighted by Crippen LogP contribution is 2.29. The van der Waals surface area contributed by atoms with Crippen LogP contribution in [0.15, 0.2) is 30.3 Å². The van der Waals surface area contributed by atoms with Crippen molar-refractivity contribution in [1.29, 1.82) is 0 Å². The zero-order valence-electron chi connectivity index (χ0n) is 15.8. The predicted octanol–water partition coefficient (Wildman–Crippen LogP) is 3.98. The normalized spacial score (nSPS) is 11.4. The maximum Gasteiger partial charge on any atom is 0.261 e. The first-order valence-corrected chi connectivity index (χ1v) is 9.86. The number of nitrogens with zero attached hydrogens (tertiary/aromatic N) is 1. The Hall–Kier alpha value is -2.22. The van der Waals surface area contributed by atoms with E-state index in [0.717, 1.165) is 26.9 Å². The van der Waals surface area contributed by atoms with Crippen LogP contribution in [0.4, 0.5) is 0 Å². The van der Waals surface area contributed by atoms with Crippen molar-refractivity contribution in [2.45, 2.75) is 26.6 Å². The van der Waals surface area contributed by atoms with Crippen molar-refractivity contribution >= 4 is 38.4 Å². The fourth-order valence-electron chi connectivity index (χ4n) is 2.83. The van der Waals surface area contributed by atoms with Gasteiger partial charge in [0.25, 0.3) is 5.91 Å². The fraction of sp³-hybridized carbons (Fsp3) is 0.400. The van der Waals surface area contributed by atoms with Gasteiger partial charge in [-0.3, -0.25) is 4.79 Å². The first-order chi connectivity index (χ1) is 13.1. The van der Waals surface area contributed by atoms with Gasteiger partial charge in [-0.05, 0) is 44.2 Å². The van der Waals surface area contributed by atoms with Crippen LogP contribution in [-0.2, 0) is 9.47 Å². The summed E-state index contributed by atoms with van der Waals surface area (Å²) in [4.78, 5) is 18.6. The van der Waals surface area contributed by atoms with E-state index in [4.69, 9.17) is 14.2 Å². The third-order valence-electron chi connectivity index (χ3n) is 4.10. The van der Waals surface area contributed by atoms with Crippen LogP contribution in [0.3, 0.4) is 0 Å². The minimum atomic E-state index is -0.287. The molecule has 1 aromatic carbocycles. The van der Waals surface area contributed by atoms with Gasteiger partial charge < -0.3 is 19.5 Å². The molecule has 27 heavy (non-hydrogen) atoms. The summed E-state index contributed by atoms with van der Waals surface area (Å²) in [6, 6.07) is 9.67. The first kappa shape index (κ1) is 19.5. The number of ether oxygens (including phenoxy) is 3. The van der Waals surface area contributed by atoms with Crippen molar-refractivity contribution in [3.05, 3.63) is 35.2 Å². The number of carbonyl (C=O) groups excluding carboxylic acids is 1. The smallest absolute Gasteiger partial charge is 0.261 e. The van der Waals surface area contributed by atoms with Gasteiger partial charge in [0.2, 0.25) is 0 Å². The molecule has 6 nitrogen and oxygen atoms in total. The highest BCUT2D eigenvalue weighted by Gasteiger charge is 2.13. The largest absolute Gasteiger partial charge is 0.497 e. The molecule has 0 spiro atoms. The summed E-state index contributed by atoms with van der Waals surface area (Å²) in [5, 5.41) is 4.87. The van der Waals surface area contributed by atoms with E-state index in [9.17, 15) is 4.79 Å². The molecule has 0 radical (unpaired) electrons. The second kappa shape index (κ2) is 9.12. The maximum absolute atomic E-state index is 12.5. The maximum atomic E-state index is 12.5. The molecule has 0 aliphatic carbocycles. The molecule has 3 aromatic rings. The molecule has 2 aromatic heterocycles. The number of methoxy groups -OCH3 is 1. The van der Waals surface area contributed by atoms with Crippen LogP contribution < -0.4 is 10.1 Å². The minimum Gasteiger partial charge on any atom is -0.497 e. The lowest BCUT2D eigenvalue weighted by Crippen LogP contribution is -2.28. The molecule has 144 valence electrons. The van der Waals surface area contributed by atoms with Crippen LogP contribution in [0.25, 0.3) is 21.1 Å². The van der Waals surface area contributed by atoms with Gasteiger partial charge >= 0.3 is 0 Å². The Bertz CT molecular complexity index is 919. The number of thiophene rings is 1. The van der Waals surface area contributed by atoms with Crippen LogP contribution >= 0.6 is 11.3 Å². The Morgan fingerprint density at radius 1 is 1.15 bits per heavy atom. The van der Waals surface area contributed by atoms with Gasteiger partial charge in [0.15, 0.2) is 6.29 Å². The van der Waals surface area contributed by atoms with E-state index < -0.39 is 0 Å². The van der Waals surface area contributed by atoms with Crippen molar-refractivity contribution in [2.75, 3.05) is 26.9 Å². The SMILES string of the molecule is CCOC(CCNC(=O)c1cc2cc3cc(OC)ccc3nc2s1)OCC. The Morgan fingerprint density at radius 2 is 1.93 bits per heavy atom. The summed E-state index contributed by atoms with van der Waals surface area (Å²) in [6.45, 7) is 5.50. The van der Waals surface area contributed by atoms with Crippen LogP contribution in [0.5, 0.6) is 5.75 Å². The van der Waals surface area contributed by atoms with E-state index in [2.05, 4.69) is 10.3 Å². The third kappa shape index (κ3) is 4.74. The Labute approximate surface area is 162 Å². The fourth-order valence-corrected chi connectivity index (χ4v) is 3.77. The van der Waals surface area contributed by atoms with Gasteiger partial charge in [-0.1, -0.05) is 0 Å². The lowest BCUT2D eigenvalue weighted by Gasteiger charge is -2.16. The summed E-state index contributed by atoms with van der Waals surface area (Å²) in [5.41, 5.74) is 0.883. The number of rotatable bonds is 9. The number of carbonyl (C=O) groups is 1. The van der Waals surface area contributed by atoms with Crippen LogP contribution in [0.2, 0.25) is 0 Å². The molecule has 7 heteroatoms. The number of hydrogen-bond donors (Lipinski definition) is 1. The van der Waals surface area contributed by atoms with E-state index in [1.54, 1.807) is 7.11 Å². The van der Waals surface area contributed by atoms with Gasteiger partial charge in [0.1, 0.15) is 10.6 Å². The average Bonchev–Trinajstić information content (AvgIpc) is 3.08. The zero-order valence-corrected chi connectivity index (χ0v) is 16.6. The molecular formula is C20H24N2O4S. The molecule has 1 N–H and O–H groups in total. The second-order valence-electron chi connectivity index (χ2n) is 5.94. The van der Waals surface area contributed by atoms with Crippen molar-refractivity contribution in [3.63, 3.8) is 0 Å². The number of fused-ring (bicyclic) bond motifs is 2. The molecule has 0 aliphatic heterocycles. The van der Waals surface area contributed by atoms with Crippen molar-refractivity contribution in [1.82, 2.24) is 10.3 Å². The molecule has 0 unspecified atom stereocenters. The number of amides is 1. The number of benzene rings is 1. The summed E-state index contributed by atoms with van der Waals surface area (Å²) < 4.78 is 16.2. The van der Waals surface area contributed by atoms with E-state index in [-0.39, 0.29) is 12.2 Å². The van der Waals surface area contributed by atoms with E-state index >= 15 is 0 Å². The predicted molar refractivity (Wildman–Crippen MR) is 108 cm³/mol. The quantitative estimate of drug-likeness (QED) is 0.562. The molecule has 0 atom stereocenters. The summed E-state index contributed by atoms with van der Waals surface area (Å²) in [5.74, 6) is 0.682. The lowest BCUT2D eigenvalue weighted by molar-refractivity contribution is -0.138. The van der Waals surface area contributed by atoms with Crippen molar-refractivity contribution in [3.8, 4) is 5.75 Å². The number of aromatic nitrogens is 1. The number of pyridine rings is 1. The van der Waals surface area contributed by atoms with Gasteiger partial charge in [-0.2, -0.15) is 0 Å². The van der Waals surface area contributed by atoms with Gasteiger partial charge in [-0.15, -0.1) is 11.3 Å². The van der Waals surface area contributed by atoms with Crippen molar-refractivity contribution in [2.24, 2.45) is 0 Å². The standard InChI is InChI=1S/C20H24N2O4S/c1-4-25-18(26-5-2)8-9-21-19(23)17-12-14-10-13-11-15(24-3)6-7-16(13)22-20(14)27-17/h6-7,10-12,18H,4-5,8-9H2,1-3H3,(H,21,23). The van der Waals surface area contributed by atoms with Crippen LogP contribution in [-0.4, -0.2) is 44.0 Å². The molecular weight excluding hydrogens is 364 g/mol. The zero-order chi connectivity index (χ0) is 19.2. The summed E-state index contributed by atoms with van der Waals surface area (Å²) >= 11 is 1.39. The molecule has 3 rings (SSSR count). The lowest BCUT2D eigenvalue weighted by atomic mass is 10.2. The average molecular weight is 388 g/mol. The van der Waals surface area contributed by atoms with Gasteiger partial charge in [0, 0.05) is 37.0 Å². The van der Waals surface area contributed by atoms with Crippen molar-refractivity contribution < 1.29 is 19.0 Å². The molecule has 0 bridgehead atoms. The van der Waals surface area contributed by atoms with Crippen LogP contribution in [0, 0.1) is 0 Å². The number of hydrogen-bond acceptors (Lipinski definition) is 6. The molecule has 0 aliphatic rings. The topological polar surface area (TPSA) is 69.7 Å². The Morgan fingerprint density at radius 3 is 2.63 bits per heavy atom. The summed E-state index contributed by atoms with van der Waals surface area (Å²) in [7, 11) is 1.64. The van der Waals surface area contributed by atoms with E-state index in [1.807, 2.05) is 44.2 Å². The van der Waals surface area contributed by atoms with Gasteiger partial charge in [-0.25, -0.2) is 4.98 Å². The minimum absolute atomic E-state index is 0.105. The Kier molecular flexibility index (Phi) is 6.60. The molecule has 1 amide bonds. The number of nitrogens with one attached hydrogen (secondary N) is 1. The van der Waals surface area contributed by atoms with Gasteiger partial charge in [0.05, 0.1) is 17.5 Å². The highest BCUT2D eigenvalue weighted by atomic mass is 32.1.